The van der Waals surface area contributed by atoms with Crippen LogP contribution in [0.15, 0.2) is 0 Å². The molecule has 0 rings (SSSR count). The molecule has 0 spiro atoms. The highest BCUT2D eigenvalue weighted by molar-refractivity contribution is 8.77. The molecule has 0 aliphatic carbocycles. The second-order valence-corrected chi connectivity index (χ2v) is 12.4. The van der Waals surface area contributed by atoms with E-state index in [0.717, 1.165) is 6.42 Å². The first-order valence-electron chi connectivity index (χ1n) is 14.0. The van der Waals surface area contributed by atoms with Gasteiger partial charge in [0.15, 0.2) is 0 Å². The third-order valence-electron chi connectivity index (χ3n) is 4.88. The molecule has 0 aromatic heterocycles. The maximum Gasteiger partial charge on any atom is 0.409 e. The van der Waals surface area contributed by atoms with Gasteiger partial charge in [0.2, 0.25) is 11.8 Å². The van der Waals surface area contributed by atoms with Crippen molar-refractivity contribution in [3.63, 3.8) is 0 Å². The van der Waals surface area contributed by atoms with Crippen LogP contribution in [0.2, 0.25) is 0 Å². The van der Waals surface area contributed by atoms with Crippen molar-refractivity contribution in [1.29, 1.82) is 0 Å². The fourth-order valence-corrected chi connectivity index (χ4v) is 4.93. The molecule has 0 aromatic rings. The maximum atomic E-state index is 12.5. The summed E-state index contributed by atoms with van der Waals surface area (Å²) in [6, 6.07) is 0. The molecule has 3 amide bonds. The summed E-state index contributed by atoms with van der Waals surface area (Å²) in [4.78, 5) is 44.9. The molecule has 0 unspecified atom stereocenters. The van der Waals surface area contributed by atoms with E-state index in [1.165, 1.54) is 11.3 Å². The third kappa shape index (κ3) is 26.8. The van der Waals surface area contributed by atoms with Gasteiger partial charge in [0.1, 0.15) is 6.61 Å². The van der Waals surface area contributed by atoms with Crippen LogP contribution in [-0.2, 0) is 24.0 Å². The second-order valence-electron chi connectivity index (χ2n) is 9.23. The zero-order chi connectivity index (χ0) is 30.7. The summed E-state index contributed by atoms with van der Waals surface area (Å²) in [5.74, 6) is 0.694. The topological polar surface area (TPSA) is 109 Å². The van der Waals surface area contributed by atoms with Crippen LogP contribution in [0, 0.1) is 0 Å². The van der Waals surface area contributed by atoms with Gasteiger partial charge in [-0.3, -0.25) is 14.8 Å². The monoisotopic (exact) mass is 599 g/mol. The number of carbonyl (C=O) groups excluding carboxylic acids is 3. The molecule has 0 saturated carbocycles. The lowest BCUT2D eigenvalue weighted by molar-refractivity contribution is -0.242. The smallest absolute Gasteiger partial charge is 0.409 e. The van der Waals surface area contributed by atoms with Crippen LogP contribution in [0.25, 0.3) is 0 Å². The van der Waals surface area contributed by atoms with E-state index in [1.807, 2.05) is 20.8 Å². The Balaban J connectivity index is -0.00000241. The lowest BCUT2D eigenvalue weighted by atomic mass is 10.1. The lowest BCUT2D eigenvalue weighted by Gasteiger charge is -2.26. The van der Waals surface area contributed by atoms with Gasteiger partial charge >= 0.3 is 6.09 Å². The van der Waals surface area contributed by atoms with Crippen molar-refractivity contribution in [2.75, 3.05) is 73.0 Å². The molecule has 0 saturated heterocycles. The van der Waals surface area contributed by atoms with Gasteiger partial charge in [0.05, 0.1) is 26.2 Å². The Morgan fingerprint density at radius 2 is 1.33 bits per heavy atom. The fraction of sp³-hybridized carbons (Fsp3) is 0.889. The van der Waals surface area contributed by atoms with Gasteiger partial charge in [-0.15, -0.1) is 0 Å². The van der Waals surface area contributed by atoms with Crippen LogP contribution in [0.3, 0.4) is 0 Å². The van der Waals surface area contributed by atoms with Gasteiger partial charge in [0, 0.05) is 57.8 Å². The van der Waals surface area contributed by atoms with Crippen LogP contribution in [0.1, 0.15) is 80.6 Å². The third-order valence-corrected chi connectivity index (χ3v) is 8.19. The fourth-order valence-electron chi connectivity index (χ4n) is 2.53. The highest BCUT2D eigenvalue weighted by Crippen LogP contribution is 2.38. The van der Waals surface area contributed by atoms with Crippen LogP contribution in [0.5, 0.6) is 0 Å². The summed E-state index contributed by atoms with van der Waals surface area (Å²) in [5.41, 5.74) is 0. The second kappa shape index (κ2) is 28.3. The number of likely N-dealkylation sites (N-methyl/N-ethyl adjacent to an activating group) is 3. The first kappa shape index (κ1) is 42.3. The van der Waals surface area contributed by atoms with E-state index in [-0.39, 0.29) is 36.3 Å². The van der Waals surface area contributed by atoms with Gasteiger partial charge < -0.3 is 24.2 Å². The highest BCUT2D eigenvalue weighted by atomic mass is 33.1. The van der Waals surface area contributed by atoms with E-state index < -0.39 is 6.09 Å². The predicted octanol–water partition coefficient (Wildman–Crippen LogP) is 5.66. The van der Waals surface area contributed by atoms with Crippen molar-refractivity contribution in [3.8, 4) is 0 Å². The summed E-state index contributed by atoms with van der Waals surface area (Å²) in [5, 5.41) is 8.31. The Bertz CT molecular complexity index is 614. The minimum Gasteiger partial charge on any atom is -0.449 e. The zero-order valence-corrected chi connectivity index (χ0v) is 27.9. The lowest BCUT2D eigenvalue weighted by Crippen LogP contribution is -2.38. The van der Waals surface area contributed by atoms with Crippen LogP contribution >= 0.6 is 21.6 Å². The zero-order valence-electron chi connectivity index (χ0n) is 26.2. The largest absolute Gasteiger partial charge is 0.449 e. The minimum atomic E-state index is -0.465. The maximum absolute atomic E-state index is 12.5. The Labute approximate surface area is 246 Å². The molecule has 0 aromatic carbocycles. The van der Waals surface area contributed by atoms with E-state index in [9.17, 15) is 14.4 Å². The van der Waals surface area contributed by atoms with E-state index in [1.54, 1.807) is 52.5 Å². The number of nitrogens with zero attached hydrogens (tertiary/aromatic N) is 3. The number of hydrogen-bond acceptors (Lipinski definition) is 9. The van der Waals surface area contributed by atoms with Crippen molar-refractivity contribution in [2.24, 2.45) is 0 Å². The predicted molar refractivity (Wildman–Crippen MR) is 164 cm³/mol. The molecule has 1 N–H and O–H groups in total. The minimum absolute atomic E-state index is 0.0167. The van der Waals surface area contributed by atoms with Crippen molar-refractivity contribution in [2.45, 2.75) is 85.3 Å². The molecule has 39 heavy (non-hydrogen) atoms. The van der Waals surface area contributed by atoms with Crippen LogP contribution in [-0.4, -0.2) is 116 Å². The number of hydrogen-bond donors (Lipinski definition) is 1. The number of amides is 3. The SMILES string of the molecule is CC.CCC.CCCOCCC(=O)N(C)CCN(C)C(=O)CCC(C)(C)SSCCOC(=O)N(C)CCOO. The number of rotatable bonds is 19. The highest BCUT2D eigenvalue weighted by Gasteiger charge is 2.22. The summed E-state index contributed by atoms with van der Waals surface area (Å²) in [6.45, 7) is 17.1. The van der Waals surface area contributed by atoms with Crippen molar-refractivity contribution >= 4 is 39.5 Å². The quantitative estimate of drug-likeness (QED) is 0.0870. The van der Waals surface area contributed by atoms with Crippen LogP contribution in [0.4, 0.5) is 4.79 Å². The molecular formula is C27H57N3O7S2. The van der Waals surface area contributed by atoms with E-state index in [4.69, 9.17) is 14.7 Å². The van der Waals surface area contributed by atoms with E-state index in [2.05, 4.69) is 32.6 Å². The molecule has 0 atom stereocenters. The first-order chi connectivity index (χ1) is 18.4. The van der Waals surface area contributed by atoms with Crippen molar-refractivity contribution in [1.82, 2.24) is 14.7 Å². The molecule has 234 valence electrons. The average Bonchev–Trinajstić information content (AvgIpc) is 2.92. The number of ether oxygens (including phenoxy) is 2. The van der Waals surface area contributed by atoms with E-state index in [0.29, 0.717) is 51.3 Å². The normalized spacial score (nSPS) is 10.4. The molecule has 0 aliphatic heterocycles. The Hall–Kier alpha value is -1.21. The Morgan fingerprint density at radius 1 is 0.795 bits per heavy atom. The van der Waals surface area contributed by atoms with E-state index >= 15 is 0 Å². The molecule has 0 heterocycles. The molecule has 10 nitrogen and oxygen atoms in total. The summed E-state index contributed by atoms with van der Waals surface area (Å²) in [6.07, 6.45) is 3.20. The van der Waals surface area contributed by atoms with Crippen molar-refractivity contribution in [3.05, 3.63) is 0 Å². The molecule has 12 heteroatoms. The molecular weight excluding hydrogens is 542 g/mol. The summed E-state index contributed by atoms with van der Waals surface area (Å²) < 4.78 is 10.4. The molecule has 0 aliphatic rings. The Morgan fingerprint density at radius 3 is 1.85 bits per heavy atom. The van der Waals surface area contributed by atoms with Gasteiger partial charge in [-0.05, 0) is 26.7 Å². The standard InChI is InChI=1S/C22H43N3O7S2.C3H8.C2H6/c1-7-14-30-15-9-20(27)24(5)12-11-23(4)19(26)8-10-22(2,3)34-33-18-17-31-21(28)25(6)13-16-32-29;1-3-2;1-2/h29H,7-18H2,1-6H3;3H2,1-2H3;1-2H3. The molecule has 0 fully saturated rings. The number of carbonyl (C=O) groups is 3. The van der Waals surface area contributed by atoms with Gasteiger partial charge in [-0.2, -0.15) is 0 Å². The van der Waals surface area contributed by atoms with Crippen LogP contribution < -0.4 is 0 Å². The molecule has 0 bridgehead atoms. The van der Waals surface area contributed by atoms with Gasteiger partial charge in [-0.1, -0.05) is 62.6 Å². The van der Waals surface area contributed by atoms with Gasteiger partial charge in [0.25, 0.3) is 0 Å². The first-order valence-corrected chi connectivity index (χ1v) is 16.3. The molecule has 0 radical (unpaired) electrons. The van der Waals surface area contributed by atoms with Crippen molar-refractivity contribution < 1.29 is 34.0 Å². The Kier molecular flexibility index (Phi) is 30.7. The summed E-state index contributed by atoms with van der Waals surface area (Å²) >= 11 is 0. The van der Waals surface area contributed by atoms with Gasteiger partial charge in [-0.25, -0.2) is 9.68 Å². The average molecular weight is 600 g/mol. The summed E-state index contributed by atoms with van der Waals surface area (Å²) in [7, 11) is 8.34.